The first-order valence-corrected chi connectivity index (χ1v) is 6.14. The van der Waals surface area contributed by atoms with Crippen LogP contribution in [0.15, 0.2) is 18.2 Å². The van der Waals surface area contributed by atoms with Gasteiger partial charge in [-0.3, -0.25) is 0 Å². The number of hydrogen-bond donors (Lipinski definition) is 1. The Morgan fingerprint density at radius 3 is 3.06 bits per heavy atom. The van der Waals surface area contributed by atoms with Gasteiger partial charge in [-0.2, -0.15) is 5.26 Å². The minimum Gasteiger partial charge on any atom is -0.382 e. The van der Waals surface area contributed by atoms with Crippen molar-refractivity contribution in [3.8, 4) is 6.07 Å². The van der Waals surface area contributed by atoms with E-state index >= 15 is 0 Å². The zero-order valence-electron chi connectivity index (χ0n) is 10.2. The number of nitrogens with zero attached hydrogens (tertiary/aromatic N) is 1. The van der Waals surface area contributed by atoms with Gasteiger partial charge in [-0.1, -0.05) is 6.07 Å². The van der Waals surface area contributed by atoms with Crippen molar-refractivity contribution in [1.82, 2.24) is 0 Å². The van der Waals surface area contributed by atoms with Gasteiger partial charge in [0.25, 0.3) is 0 Å². The topological polar surface area (TPSA) is 45.0 Å². The van der Waals surface area contributed by atoms with Crippen LogP contribution in [0.5, 0.6) is 0 Å². The third kappa shape index (κ3) is 3.21. The summed E-state index contributed by atoms with van der Waals surface area (Å²) in [5.74, 6) is 0. The lowest BCUT2D eigenvalue weighted by atomic mass is 10.1. The molecule has 3 nitrogen and oxygen atoms in total. The van der Waals surface area contributed by atoms with Crippen LogP contribution in [0.1, 0.15) is 30.4 Å². The van der Waals surface area contributed by atoms with Crippen molar-refractivity contribution >= 4 is 5.69 Å². The SMILES string of the molecule is Cc1ccc(C#N)cc1NC1CCCOCC1. The van der Waals surface area contributed by atoms with Gasteiger partial charge in [0.05, 0.1) is 11.6 Å². The van der Waals surface area contributed by atoms with E-state index in [9.17, 15) is 0 Å². The molecule has 0 radical (unpaired) electrons. The van der Waals surface area contributed by atoms with E-state index in [-0.39, 0.29) is 0 Å². The summed E-state index contributed by atoms with van der Waals surface area (Å²) in [5.41, 5.74) is 2.98. The number of benzene rings is 1. The lowest BCUT2D eigenvalue weighted by Gasteiger charge is -2.18. The largest absolute Gasteiger partial charge is 0.382 e. The van der Waals surface area contributed by atoms with Gasteiger partial charge in [0.2, 0.25) is 0 Å². The average Bonchev–Trinajstić information content (AvgIpc) is 2.60. The molecule has 0 bridgehead atoms. The minimum absolute atomic E-state index is 0.463. The molecule has 1 aromatic carbocycles. The van der Waals surface area contributed by atoms with Crippen molar-refractivity contribution in [1.29, 1.82) is 5.26 Å². The highest BCUT2D eigenvalue weighted by atomic mass is 16.5. The fraction of sp³-hybridized carbons (Fsp3) is 0.500. The highest BCUT2D eigenvalue weighted by molar-refractivity contribution is 5.55. The summed E-state index contributed by atoms with van der Waals surface area (Å²) in [4.78, 5) is 0. The van der Waals surface area contributed by atoms with Crippen molar-refractivity contribution in [3.63, 3.8) is 0 Å². The van der Waals surface area contributed by atoms with E-state index in [2.05, 4.69) is 18.3 Å². The van der Waals surface area contributed by atoms with Gasteiger partial charge in [0, 0.05) is 24.9 Å². The highest BCUT2D eigenvalue weighted by Crippen LogP contribution is 2.20. The van der Waals surface area contributed by atoms with Crippen LogP contribution < -0.4 is 5.32 Å². The van der Waals surface area contributed by atoms with Gasteiger partial charge < -0.3 is 10.1 Å². The summed E-state index contributed by atoms with van der Waals surface area (Å²) < 4.78 is 5.45. The molecule has 0 amide bonds. The Kier molecular flexibility index (Phi) is 4.00. The Labute approximate surface area is 102 Å². The van der Waals surface area contributed by atoms with E-state index in [1.807, 2.05) is 18.2 Å². The molecule has 0 aromatic heterocycles. The van der Waals surface area contributed by atoms with E-state index in [0.717, 1.165) is 38.2 Å². The van der Waals surface area contributed by atoms with Crippen LogP contribution in [0, 0.1) is 18.3 Å². The molecular weight excluding hydrogens is 212 g/mol. The quantitative estimate of drug-likeness (QED) is 0.849. The van der Waals surface area contributed by atoms with Gasteiger partial charge in [0.1, 0.15) is 0 Å². The van der Waals surface area contributed by atoms with Crippen molar-refractivity contribution in [3.05, 3.63) is 29.3 Å². The number of nitrogens with one attached hydrogen (secondary N) is 1. The number of hydrogen-bond acceptors (Lipinski definition) is 3. The molecule has 1 N–H and O–H groups in total. The Hall–Kier alpha value is -1.53. The zero-order valence-corrected chi connectivity index (χ0v) is 10.2. The molecule has 1 heterocycles. The number of rotatable bonds is 2. The predicted molar refractivity (Wildman–Crippen MR) is 68.0 cm³/mol. The van der Waals surface area contributed by atoms with Crippen LogP contribution in [-0.4, -0.2) is 19.3 Å². The fourth-order valence-corrected chi connectivity index (χ4v) is 2.12. The molecule has 1 aliphatic heterocycles. The molecule has 2 rings (SSSR count). The van der Waals surface area contributed by atoms with Crippen LogP contribution >= 0.6 is 0 Å². The molecule has 1 saturated heterocycles. The molecule has 0 aliphatic carbocycles. The summed E-state index contributed by atoms with van der Waals surface area (Å²) in [6.45, 7) is 3.76. The summed E-state index contributed by atoms with van der Waals surface area (Å²) in [6.07, 6.45) is 3.28. The molecule has 1 aromatic rings. The predicted octanol–water partition coefficient (Wildman–Crippen LogP) is 2.85. The first kappa shape index (κ1) is 11.9. The van der Waals surface area contributed by atoms with Crippen molar-refractivity contribution in [2.24, 2.45) is 0 Å². The number of ether oxygens (including phenoxy) is 1. The van der Waals surface area contributed by atoms with Gasteiger partial charge in [0.15, 0.2) is 0 Å². The molecule has 1 aliphatic rings. The monoisotopic (exact) mass is 230 g/mol. The molecule has 1 fully saturated rings. The molecule has 0 spiro atoms. The van der Waals surface area contributed by atoms with E-state index in [0.29, 0.717) is 11.6 Å². The normalized spacial score (nSPS) is 20.4. The number of anilines is 1. The Bertz CT molecular complexity index is 415. The smallest absolute Gasteiger partial charge is 0.0992 e. The third-order valence-electron chi connectivity index (χ3n) is 3.18. The van der Waals surface area contributed by atoms with E-state index in [1.165, 1.54) is 5.56 Å². The standard InChI is InChI=1S/C14H18N2O/c1-11-4-5-12(10-15)9-14(11)16-13-3-2-7-17-8-6-13/h4-5,9,13,16H,2-3,6-8H2,1H3. The van der Waals surface area contributed by atoms with Gasteiger partial charge in [-0.05, 0) is 43.9 Å². The molecule has 1 unspecified atom stereocenters. The summed E-state index contributed by atoms with van der Waals surface area (Å²) in [7, 11) is 0. The Balaban J connectivity index is 2.09. The lowest BCUT2D eigenvalue weighted by molar-refractivity contribution is 0.144. The molecular formula is C14H18N2O. The molecule has 1 atom stereocenters. The van der Waals surface area contributed by atoms with Crippen LogP contribution in [0.25, 0.3) is 0 Å². The van der Waals surface area contributed by atoms with E-state index < -0.39 is 0 Å². The van der Waals surface area contributed by atoms with Crippen molar-refractivity contribution in [2.75, 3.05) is 18.5 Å². The first-order chi connectivity index (χ1) is 8.29. The maximum Gasteiger partial charge on any atom is 0.0992 e. The third-order valence-corrected chi connectivity index (χ3v) is 3.18. The van der Waals surface area contributed by atoms with Crippen molar-refractivity contribution in [2.45, 2.75) is 32.2 Å². The van der Waals surface area contributed by atoms with Crippen LogP contribution in [0.4, 0.5) is 5.69 Å². The highest BCUT2D eigenvalue weighted by Gasteiger charge is 2.13. The van der Waals surface area contributed by atoms with Crippen LogP contribution in [0.3, 0.4) is 0 Å². The maximum atomic E-state index is 8.91. The second-order valence-corrected chi connectivity index (χ2v) is 4.53. The van der Waals surface area contributed by atoms with Gasteiger partial charge in [-0.25, -0.2) is 0 Å². The molecule has 90 valence electrons. The van der Waals surface area contributed by atoms with Gasteiger partial charge in [-0.15, -0.1) is 0 Å². The van der Waals surface area contributed by atoms with Crippen molar-refractivity contribution < 1.29 is 4.74 Å². The maximum absolute atomic E-state index is 8.91. The summed E-state index contributed by atoms with van der Waals surface area (Å²) in [5, 5.41) is 12.4. The Morgan fingerprint density at radius 2 is 2.24 bits per heavy atom. The van der Waals surface area contributed by atoms with E-state index in [1.54, 1.807) is 0 Å². The summed E-state index contributed by atoms with van der Waals surface area (Å²) >= 11 is 0. The summed E-state index contributed by atoms with van der Waals surface area (Å²) in [6, 6.07) is 8.43. The average molecular weight is 230 g/mol. The minimum atomic E-state index is 0.463. The second-order valence-electron chi connectivity index (χ2n) is 4.53. The Morgan fingerprint density at radius 1 is 1.35 bits per heavy atom. The molecule has 17 heavy (non-hydrogen) atoms. The fourth-order valence-electron chi connectivity index (χ4n) is 2.12. The lowest BCUT2D eigenvalue weighted by Crippen LogP contribution is -2.20. The van der Waals surface area contributed by atoms with Crippen LogP contribution in [0.2, 0.25) is 0 Å². The van der Waals surface area contributed by atoms with Crippen LogP contribution in [-0.2, 0) is 4.74 Å². The number of aryl methyl sites for hydroxylation is 1. The first-order valence-electron chi connectivity index (χ1n) is 6.14. The zero-order chi connectivity index (χ0) is 12.1. The number of nitriles is 1. The second kappa shape index (κ2) is 5.70. The molecule has 3 heteroatoms. The van der Waals surface area contributed by atoms with E-state index in [4.69, 9.17) is 10.00 Å². The molecule has 0 saturated carbocycles. The van der Waals surface area contributed by atoms with Gasteiger partial charge >= 0.3 is 0 Å².